The molecule has 0 amide bonds. The van der Waals surface area contributed by atoms with Crippen molar-refractivity contribution in [2.45, 2.75) is 6.42 Å². The lowest BCUT2D eigenvalue weighted by Crippen LogP contribution is -1.98. The Labute approximate surface area is 234 Å². The molecule has 7 aromatic rings. The number of hydrogen-bond acceptors (Lipinski definition) is 0. The maximum Gasteiger partial charge on any atom is 0.0537 e. The van der Waals surface area contributed by atoms with Gasteiger partial charge in [-0.1, -0.05) is 127 Å². The Bertz CT molecular complexity index is 2050. The number of aromatic nitrogens is 1. The van der Waals surface area contributed by atoms with Crippen molar-refractivity contribution in [3.63, 3.8) is 0 Å². The lowest BCUT2D eigenvalue weighted by atomic mass is 9.86. The molecule has 1 aromatic heterocycles. The number of rotatable bonds is 3. The van der Waals surface area contributed by atoms with Gasteiger partial charge in [0.2, 0.25) is 0 Å². The van der Waals surface area contributed by atoms with Crippen molar-refractivity contribution in [1.29, 1.82) is 0 Å². The van der Waals surface area contributed by atoms with Crippen LogP contribution in [-0.2, 0) is 6.42 Å². The van der Waals surface area contributed by atoms with Crippen LogP contribution in [-0.4, -0.2) is 4.57 Å². The molecule has 0 atom stereocenters. The second-order valence-electron chi connectivity index (χ2n) is 10.5. The number of benzene rings is 6. The van der Waals surface area contributed by atoms with Gasteiger partial charge in [-0.15, -0.1) is 0 Å². The van der Waals surface area contributed by atoms with E-state index in [1.807, 2.05) is 0 Å². The molecule has 40 heavy (non-hydrogen) atoms. The van der Waals surface area contributed by atoms with E-state index in [0.717, 1.165) is 6.42 Å². The fraction of sp³-hybridized carbons (Fsp3) is 0.0256. The van der Waals surface area contributed by atoms with Gasteiger partial charge in [-0.2, -0.15) is 0 Å². The predicted molar refractivity (Wildman–Crippen MR) is 171 cm³/mol. The third kappa shape index (κ3) is 3.48. The number of allylic oxidation sites excluding steroid dienone is 3. The summed E-state index contributed by atoms with van der Waals surface area (Å²) >= 11 is 0. The molecule has 0 fully saturated rings. The van der Waals surface area contributed by atoms with Crippen LogP contribution in [0.15, 0.2) is 146 Å². The Morgan fingerprint density at radius 3 is 1.60 bits per heavy atom. The highest BCUT2D eigenvalue weighted by atomic mass is 15.0. The summed E-state index contributed by atoms with van der Waals surface area (Å²) in [6.07, 6.45) is 9.74. The molecule has 1 aliphatic rings. The first kappa shape index (κ1) is 22.8. The molecule has 0 radical (unpaired) electrons. The summed E-state index contributed by atoms with van der Waals surface area (Å²) in [6, 6.07) is 46.4. The Balaban J connectivity index is 1.36. The van der Waals surface area contributed by atoms with Crippen LogP contribution in [0.25, 0.3) is 66.5 Å². The molecule has 0 unspecified atom stereocenters. The maximum atomic E-state index is 2.41. The summed E-state index contributed by atoms with van der Waals surface area (Å²) in [5, 5.41) is 6.45. The third-order valence-corrected chi connectivity index (χ3v) is 8.25. The van der Waals surface area contributed by atoms with Crippen LogP contribution in [0.4, 0.5) is 0 Å². The SMILES string of the molecule is C1=CCc2c(n(-c3ccc(-c4c5ccccc5c(-c5ccccc5)c5ccccc45)cc3)c3ccccc23)C=C1. The molecule has 1 nitrogen and oxygen atoms in total. The molecule has 0 N–H and O–H groups in total. The van der Waals surface area contributed by atoms with Crippen LogP contribution in [0.2, 0.25) is 0 Å². The fourth-order valence-corrected chi connectivity index (χ4v) is 6.54. The highest BCUT2D eigenvalue weighted by molar-refractivity contribution is 6.21. The van der Waals surface area contributed by atoms with E-state index in [4.69, 9.17) is 0 Å². The first-order chi connectivity index (χ1) is 19.9. The van der Waals surface area contributed by atoms with Crippen LogP contribution in [0.1, 0.15) is 11.3 Å². The average Bonchev–Trinajstić information content (AvgIpc) is 3.14. The minimum Gasteiger partial charge on any atom is -0.310 e. The van der Waals surface area contributed by atoms with Crippen molar-refractivity contribution in [3.05, 3.63) is 157 Å². The van der Waals surface area contributed by atoms with E-state index in [1.165, 1.54) is 71.6 Å². The van der Waals surface area contributed by atoms with Gasteiger partial charge in [-0.05, 0) is 80.1 Å². The van der Waals surface area contributed by atoms with E-state index in [-0.39, 0.29) is 0 Å². The van der Waals surface area contributed by atoms with Crippen LogP contribution in [0.5, 0.6) is 0 Å². The first-order valence-corrected chi connectivity index (χ1v) is 13.9. The van der Waals surface area contributed by atoms with Crippen LogP contribution < -0.4 is 0 Å². The number of para-hydroxylation sites is 1. The van der Waals surface area contributed by atoms with Gasteiger partial charge in [0, 0.05) is 11.1 Å². The molecule has 1 heteroatoms. The van der Waals surface area contributed by atoms with Crippen molar-refractivity contribution in [1.82, 2.24) is 4.57 Å². The molecule has 6 aromatic carbocycles. The number of nitrogens with zero attached hydrogens (tertiary/aromatic N) is 1. The van der Waals surface area contributed by atoms with Crippen LogP contribution >= 0.6 is 0 Å². The fourth-order valence-electron chi connectivity index (χ4n) is 6.54. The molecule has 1 aliphatic carbocycles. The van der Waals surface area contributed by atoms with Gasteiger partial charge in [0.05, 0.1) is 11.2 Å². The van der Waals surface area contributed by atoms with Crippen molar-refractivity contribution >= 4 is 38.5 Å². The minimum atomic E-state index is 0.944. The van der Waals surface area contributed by atoms with Gasteiger partial charge in [0.15, 0.2) is 0 Å². The van der Waals surface area contributed by atoms with Gasteiger partial charge < -0.3 is 4.57 Å². The highest BCUT2D eigenvalue weighted by Crippen LogP contribution is 2.43. The Kier molecular flexibility index (Phi) is 5.28. The summed E-state index contributed by atoms with van der Waals surface area (Å²) < 4.78 is 2.41. The van der Waals surface area contributed by atoms with Crippen molar-refractivity contribution in [2.75, 3.05) is 0 Å². The molecule has 0 saturated heterocycles. The number of hydrogen-bond donors (Lipinski definition) is 0. The van der Waals surface area contributed by atoms with Crippen LogP contribution in [0.3, 0.4) is 0 Å². The van der Waals surface area contributed by atoms with Crippen LogP contribution in [0, 0.1) is 0 Å². The van der Waals surface area contributed by atoms with E-state index in [0.29, 0.717) is 0 Å². The maximum absolute atomic E-state index is 2.41. The normalized spacial score (nSPS) is 12.7. The molecule has 0 aliphatic heterocycles. The van der Waals surface area contributed by atoms with Gasteiger partial charge >= 0.3 is 0 Å². The highest BCUT2D eigenvalue weighted by Gasteiger charge is 2.18. The lowest BCUT2D eigenvalue weighted by Gasteiger charge is -2.18. The van der Waals surface area contributed by atoms with E-state index < -0.39 is 0 Å². The van der Waals surface area contributed by atoms with Crippen molar-refractivity contribution in [3.8, 4) is 27.9 Å². The van der Waals surface area contributed by atoms with E-state index in [1.54, 1.807) is 0 Å². The molecule has 188 valence electrons. The zero-order valence-corrected chi connectivity index (χ0v) is 22.1. The predicted octanol–water partition coefficient (Wildman–Crippen LogP) is 10.4. The molecular weight excluding hydrogens is 482 g/mol. The molecule has 1 heterocycles. The van der Waals surface area contributed by atoms with Gasteiger partial charge in [0.25, 0.3) is 0 Å². The molecule has 0 saturated carbocycles. The lowest BCUT2D eigenvalue weighted by molar-refractivity contribution is 1.09. The summed E-state index contributed by atoms with van der Waals surface area (Å²) in [5.41, 5.74) is 10.2. The molecule has 0 spiro atoms. The molecule has 8 rings (SSSR count). The Morgan fingerprint density at radius 2 is 0.975 bits per heavy atom. The van der Waals surface area contributed by atoms with Gasteiger partial charge in [-0.25, -0.2) is 0 Å². The first-order valence-electron chi connectivity index (χ1n) is 13.9. The second kappa shape index (κ2) is 9.25. The van der Waals surface area contributed by atoms with Gasteiger partial charge in [0.1, 0.15) is 0 Å². The zero-order valence-electron chi connectivity index (χ0n) is 22.1. The molecular formula is C39H27N. The summed E-state index contributed by atoms with van der Waals surface area (Å²) in [5.74, 6) is 0. The standard InChI is InChI=1S/C39H27N/c1-3-13-27(14-4-1)38-32-17-7-9-19-34(32)39(35-20-10-8-18-33(35)38)28-23-25-29(26-24-28)40-36-21-6-2-5-15-30(36)31-16-11-12-22-37(31)40/h1-14,16-26H,15H2. The summed E-state index contributed by atoms with van der Waals surface area (Å²) in [4.78, 5) is 0. The minimum absolute atomic E-state index is 0.944. The summed E-state index contributed by atoms with van der Waals surface area (Å²) in [7, 11) is 0. The molecule has 0 bridgehead atoms. The Hall–Kier alpha value is -5.14. The smallest absolute Gasteiger partial charge is 0.0537 e. The average molecular weight is 510 g/mol. The Morgan fingerprint density at radius 1 is 0.450 bits per heavy atom. The van der Waals surface area contributed by atoms with E-state index in [2.05, 4.69) is 156 Å². The van der Waals surface area contributed by atoms with E-state index >= 15 is 0 Å². The zero-order chi connectivity index (χ0) is 26.5. The number of fused-ring (bicyclic) bond motifs is 5. The van der Waals surface area contributed by atoms with Gasteiger partial charge in [-0.3, -0.25) is 0 Å². The second-order valence-corrected chi connectivity index (χ2v) is 10.5. The third-order valence-electron chi connectivity index (χ3n) is 8.25. The monoisotopic (exact) mass is 509 g/mol. The van der Waals surface area contributed by atoms with Crippen molar-refractivity contribution in [2.24, 2.45) is 0 Å². The quantitative estimate of drug-likeness (QED) is 0.209. The van der Waals surface area contributed by atoms with Crippen molar-refractivity contribution < 1.29 is 0 Å². The topological polar surface area (TPSA) is 4.93 Å². The summed E-state index contributed by atoms with van der Waals surface area (Å²) in [6.45, 7) is 0. The largest absolute Gasteiger partial charge is 0.310 e. The van der Waals surface area contributed by atoms with E-state index in [9.17, 15) is 0 Å².